The molecule has 0 spiro atoms. The lowest BCUT2D eigenvalue weighted by molar-refractivity contribution is 0.195. The molecule has 0 amide bonds. The predicted octanol–water partition coefficient (Wildman–Crippen LogP) is 2.90. The molecule has 0 radical (unpaired) electrons. The molecule has 17 heavy (non-hydrogen) atoms. The van der Waals surface area contributed by atoms with Gasteiger partial charge in [0, 0.05) is 24.6 Å². The van der Waals surface area contributed by atoms with Gasteiger partial charge >= 0.3 is 0 Å². The molecule has 1 aromatic rings. The second-order valence-corrected chi connectivity index (χ2v) is 4.99. The summed E-state index contributed by atoms with van der Waals surface area (Å²) in [7, 11) is 1.66. The Balaban J connectivity index is 2.11. The summed E-state index contributed by atoms with van der Waals surface area (Å²) in [5.74, 6) is 0.823. The van der Waals surface area contributed by atoms with Crippen LogP contribution in [0.15, 0.2) is 18.2 Å². The maximum Gasteiger partial charge on any atom is 0.121 e. The number of nitrogen functional groups attached to an aromatic ring is 1. The Hall–Kier alpha value is -1.38. The van der Waals surface area contributed by atoms with Gasteiger partial charge in [-0.25, -0.2) is 0 Å². The summed E-state index contributed by atoms with van der Waals surface area (Å²) in [4.78, 5) is 2.36. The van der Waals surface area contributed by atoms with Crippen LogP contribution in [-0.2, 0) is 0 Å². The van der Waals surface area contributed by atoms with E-state index in [1.54, 1.807) is 7.11 Å². The molecule has 1 saturated heterocycles. The van der Waals surface area contributed by atoms with Crippen molar-refractivity contribution in [3.05, 3.63) is 18.2 Å². The summed E-state index contributed by atoms with van der Waals surface area (Å²) in [5, 5.41) is 0. The molecule has 2 rings (SSSR count). The monoisotopic (exact) mass is 234 g/mol. The van der Waals surface area contributed by atoms with Gasteiger partial charge in [-0.2, -0.15) is 0 Å². The van der Waals surface area contributed by atoms with Crippen molar-refractivity contribution >= 4 is 11.4 Å². The summed E-state index contributed by atoms with van der Waals surface area (Å²) < 4.78 is 5.17. The average molecular weight is 234 g/mol. The summed E-state index contributed by atoms with van der Waals surface area (Å²) in [6.07, 6.45) is 2.49. The van der Waals surface area contributed by atoms with Gasteiger partial charge in [-0.1, -0.05) is 13.8 Å². The first-order valence-electron chi connectivity index (χ1n) is 6.32. The van der Waals surface area contributed by atoms with E-state index >= 15 is 0 Å². The lowest BCUT2D eigenvalue weighted by Crippen LogP contribution is -2.56. The Morgan fingerprint density at radius 2 is 1.94 bits per heavy atom. The van der Waals surface area contributed by atoms with Gasteiger partial charge in [0.05, 0.1) is 18.5 Å². The summed E-state index contributed by atoms with van der Waals surface area (Å²) in [6, 6.07) is 5.93. The third-order valence-electron chi connectivity index (χ3n) is 4.13. The van der Waals surface area contributed by atoms with Crippen molar-refractivity contribution in [3.8, 4) is 5.75 Å². The summed E-state index contributed by atoms with van der Waals surface area (Å²) >= 11 is 0. The topological polar surface area (TPSA) is 38.5 Å². The van der Waals surface area contributed by atoms with Crippen molar-refractivity contribution in [3.63, 3.8) is 0 Å². The van der Waals surface area contributed by atoms with E-state index < -0.39 is 0 Å². The largest absolute Gasteiger partial charge is 0.497 e. The normalized spacial score (nSPS) is 17.7. The minimum Gasteiger partial charge on any atom is -0.497 e. The maximum atomic E-state index is 6.06. The fourth-order valence-electron chi connectivity index (χ4n) is 2.58. The Bertz CT molecular complexity index is 391. The maximum absolute atomic E-state index is 6.06. The van der Waals surface area contributed by atoms with Crippen molar-refractivity contribution < 1.29 is 4.74 Å². The van der Waals surface area contributed by atoms with Gasteiger partial charge in [0.25, 0.3) is 0 Å². The van der Waals surface area contributed by atoms with Gasteiger partial charge in [-0.05, 0) is 25.0 Å². The standard InChI is InChI=1S/C14H22N2O/c1-4-14(5-2)9-16(10-14)13-7-6-11(17-3)8-12(13)15/h6-8H,4-5,9-10,15H2,1-3H3. The van der Waals surface area contributed by atoms with Crippen molar-refractivity contribution in [1.29, 1.82) is 0 Å². The molecule has 94 valence electrons. The van der Waals surface area contributed by atoms with Crippen molar-refractivity contribution in [2.45, 2.75) is 26.7 Å². The van der Waals surface area contributed by atoms with Crippen molar-refractivity contribution in [1.82, 2.24) is 0 Å². The van der Waals surface area contributed by atoms with Crippen LogP contribution < -0.4 is 15.4 Å². The van der Waals surface area contributed by atoms with Crippen LogP contribution in [0.4, 0.5) is 11.4 Å². The van der Waals surface area contributed by atoms with Crippen LogP contribution >= 0.6 is 0 Å². The zero-order valence-electron chi connectivity index (χ0n) is 11.0. The van der Waals surface area contributed by atoms with Crippen LogP contribution in [0, 0.1) is 5.41 Å². The van der Waals surface area contributed by atoms with Crippen LogP contribution in [0.3, 0.4) is 0 Å². The van der Waals surface area contributed by atoms with Crippen molar-refractivity contribution in [2.24, 2.45) is 5.41 Å². The molecule has 2 N–H and O–H groups in total. The molecule has 3 heteroatoms. The first-order valence-corrected chi connectivity index (χ1v) is 6.32. The zero-order valence-corrected chi connectivity index (χ0v) is 11.0. The number of hydrogen-bond donors (Lipinski definition) is 1. The third kappa shape index (κ3) is 2.06. The molecule has 1 aliphatic rings. The van der Waals surface area contributed by atoms with Gasteiger partial charge in [-0.3, -0.25) is 0 Å². The van der Waals surface area contributed by atoms with E-state index in [4.69, 9.17) is 10.5 Å². The molecule has 0 bridgehead atoms. The number of nitrogens with zero attached hydrogens (tertiary/aromatic N) is 1. The molecule has 0 aliphatic carbocycles. The van der Waals surface area contributed by atoms with Crippen LogP contribution in [0.25, 0.3) is 0 Å². The smallest absolute Gasteiger partial charge is 0.121 e. The Labute approximate surface area is 104 Å². The van der Waals surface area contributed by atoms with Crippen molar-refractivity contribution in [2.75, 3.05) is 30.8 Å². The van der Waals surface area contributed by atoms with E-state index in [2.05, 4.69) is 24.8 Å². The van der Waals surface area contributed by atoms with E-state index in [-0.39, 0.29) is 0 Å². The predicted molar refractivity (Wildman–Crippen MR) is 72.6 cm³/mol. The Morgan fingerprint density at radius 1 is 1.29 bits per heavy atom. The highest BCUT2D eigenvalue weighted by atomic mass is 16.5. The van der Waals surface area contributed by atoms with Crippen LogP contribution in [0.5, 0.6) is 5.75 Å². The molecule has 0 unspecified atom stereocenters. The van der Waals surface area contributed by atoms with E-state index in [0.717, 1.165) is 30.2 Å². The molecule has 3 nitrogen and oxygen atoms in total. The number of anilines is 2. The van der Waals surface area contributed by atoms with E-state index in [1.807, 2.05) is 12.1 Å². The first-order chi connectivity index (χ1) is 8.14. The SMILES string of the molecule is CCC1(CC)CN(c2ccc(OC)cc2N)C1. The number of methoxy groups -OCH3 is 1. The second-order valence-electron chi connectivity index (χ2n) is 4.99. The molecule has 0 atom stereocenters. The number of ether oxygens (including phenoxy) is 1. The van der Waals surface area contributed by atoms with E-state index in [1.165, 1.54) is 12.8 Å². The lowest BCUT2D eigenvalue weighted by Gasteiger charge is -2.51. The number of benzene rings is 1. The minimum absolute atomic E-state index is 0.506. The first kappa shape index (κ1) is 12.1. The molecule has 1 heterocycles. The highest BCUT2D eigenvalue weighted by Gasteiger charge is 2.40. The third-order valence-corrected chi connectivity index (χ3v) is 4.13. The molecule has 0 aromatic heterocycles. The fraction of sp³-hybridized carbons (Fsp3) is 0.571. The number of nitrogens with two attached hydrogens (primary N) is 1. The molecule has 1 aromatic carbocycles. The summed E-state index contributed by atoms with van der Waals surface area (Å²) in [5.41, 5.74) is 8.52. The molecule has 1 aliphatic heterocycles. The lowest BCUT2D eigenvalue weighted by atomic mass is 9.75. The quantitative estimate of drug-likeness (QED) is 0.814. The van der Waals surface area contributed by atoms with Gasteiger partial charge in [0.15, 0.2) is 0 Å². The molecule has 1 fully saturated rings. The van der Waals surface area contributed by atoms with Gasteiger partial charge in [0.1, 0.15) is 5.75 Å². The van der Waals surface area contributed by atoms with Crippen LogP contribution in [0.1, 0.15) is 26.7 Å². The van der Waals surface area contributed by atoms with E-state index in [9.17, 15) is 0 Å². The fourth-order valence-corrected chi connectivity index (χ4v) is 2.58. The average Bonchev–Trinajstić information content (AvgIpc) is 2.30. The van der Waals surface area contributed by atoms with Gasteiger partial charge in [-0.15, -0.1) is 0 Å². The van der Waals surface area contributed by atoms with Gasteiger partial charge < -0.3 is 15.4 Å². The number of rotatable bonds is 4. The summed E-state index contributed by atoms with van der Waals surface area (Å²) in [6.45, 7) is 6.80. The zero-order chi connectivity index (χ0) is 12.5. The highest BCUT2D eigenvalue weighted by molar-refractivity contribution is 5.70. The highest BCUT2D eigenvalue weighted by Crippen LogP contribution is 2.42. The molecule has 0 saturated carbocycles. The van der Waals surface area contributed by atoms with Gasteiger partial charge in [0.2, 0.25) is 0 Å². The molecular weight excluding hydrogens is 212 g/mol. The Morgan fingerprint density at radius 3 is 2.41 bits per heavy atom. The molecular formula is C14H22N2O. The van der Waals surface area contributed by atoms with Crippen LogP contribution in [0.2, 0.25) is 0 Å². The van der Waals surface area contributed by atoms with E-state index in [0.29, 0.717) is 5.41 Å². The minimum atomic E-state index is 0.506. The second kappa shape index (κ2) is 4.47. The Kier molecular flexibility index (Phi) is 3.18. The van der Waals surface area contributed by atoms with Crippen LogP contribution in [-0.4, -0.2) is 20.2 Å². The number of hydrogen-bond acceptors (Lipinski definition) is 3.